The second-order valence-electron chi connectivity index (χ2n) is 3.83. The van der Waals surface area contributed by atoms with E-state index < -0.39 is 4.92 Å². The largest absolute Gasteiger partial charge is 0.359 e. The zero-order valence-electron chi connectivity index (χ0n) is 10.3. The van der Waals surface area contributed by atoms with Crippen LogP contribution in [-0.4, -0.2) is 24.7 Å². The number of hydrogen-bond acceptors (Lipinski definition) is 6. The fourth-order valence-corrected chi connectivity index (χ4v) is 1.84. The molecule has 8 nitrogen and oxygen atoms in total. The zero-order valence-corrected chi connectivity index (χ0v) is 11.0. The number of hydrogen-bond donors (Lipinski definition) is 1. The van der Waals surface area contributed by atoms with Gasteiger partial charge in [-0.15, -0.1) is 0 Å². The number of anilines is 1. The molecule has 0 saturated carbocycles. The Morgan fingerprint density at radius 3 is 2.84 bits per heavy atom. The third-order valence-electron chi connectivity index (χ3n) is 2.57. The summed E-state index contributed by atoms with van der Waals surface area (Å²) in [4.78, 5) is 18.1. The van der Waals surface area contributed by atoms with Gasteiger partial charge in [-0.05, 0) is 24.6 Å². The van der Waals surface area contributed by atoms with Crippen molar-refractivity contribution in [2.75, 3.05) is 5.32 Å². The van der Waals surface area contributed by atoms with Gasteiger partial charge in [0.05, 0.1) is 17.2 Å². The van der Waals surface area contributed by atoms with Gasteiger partial charge in [0.15, 0.2) is 0 Å². The molecule has 0 aromatic carbocycles. The van der Waals surface area contributed by atoms with Gasteiger partial charge in [-0.1, -0.05) is 0 Å². The Bertz CT molecular complexity index is 626. The van der Waals surface area contributed by atoms with Gasteiger partial charge in [0, 0.05) is 13.2 Å². The number of halogens is 1. The molecule has 19 heavy (non-hydrogen) atoms. The van der Waals surface area contributed by atoms with E-state index in [9.17, 15) is 10.1 Å². The lowest BCUT2D eigenvalue weighted by atomic mass is 10.3. The molecule has 0 aliphatic heterocycles. The maximum Gasteiger partial charge on any atom is 0.332 e. The second kappa shape index (κ2) is 5.19. The van der Waals surface area contributed by atoms with Crippen molar-refractivity contribution in [1.29, 1.82) is 0 Å². The predicted octanol–water partition coefficient (Wildman–Crippen LogP) is 1.69. The molecule has 0 saturated heterocycles. The van der Waals surface area contributed by atoms with Crippen LogP contribution in [-0.2, 0) is 13.6 Å². The van der Waals surface area contributed by atoms with E-state index in [1.54, 1.807) is 24.0 Å². The summed E-state index contributed by atoms with van der Waals surface area (Å²) in [5, 5.41) is 17.9. The number of aromatic nitrogens is 4. The van der Waals surface area contributed by atoms with Gasteiger partial charge in [0.2, 0.25) is 11.1 Å². The first-order chi connectivity index (χ1) is 8.99. The maximum atomic E-state index is 11.0. The van der Waals surface area contributed by atoms with Gasteiger partial charge >= 0.3 is 5.69 Å². The molecule has 2 rings (SSSR count). The van der Waals surface area contributed by atoms with Crippen molar-refractivity contribution >= 4 is 23.1 Å². The van der Waals surface area contributed by atoms with Crippen LogP contribution in [0.15, 0.2) is 12.3 Å². The highest BCUT2D eigenvalue weighted by Crippen LogP contribution is 2.26. The van der Waals surface area contributed by atoms with Crippen LogP contribution in [0.4, 0.5) is 11.5 Å². The molecule has 0 atom stereocenters. The van der Waals surface area contributed by atoms with E-state index in [-0.39, 0.29) is 22.5 Å². The van der Waals surface area contributed by atoms with Gasteiger partial charge in [-0.25, -0.2) is 4.98 Å². The summed E-state index contributed by atoms with van der Waals surface area (Å²) in [7, 11) is 1.78. The molecule has 2 heterocycles. The minimum atomic E-state index is -0.531. The van der Waals surface area contributed by atoms with Crippen molar-refractivity contribution in [3.8, 4) is 0 Å². The molecule has 0 radical (unpaired) electrons. The highest BCUT2D eigenvalue weighted by atomic mass is 35.5. The quantitative estimate of drug-likeness (QED) is 0.520. The Labute approximate surface area is 113 Å². The molecule has 0 aliphatic rings. The molecule has 0 fully saturated rings. The van der Waals surface area contributed by atoms with E-state index >= 15 is 0 Å². The minimum Gasteiger partial charge on any atom is -0.359 e. The Morgan fingerprint density at radius 1 is 1.53 bits per heavy atom. The van der Waals surface area contributed by atoms with E-state index in [1.165, 1.54) is 6.92 Å². The summed E-state index contributed by atoms with van der Waals surface area (Å²) < 4.78 is 1.66. The van der Waals surface area contributed by atoms with Crippen LogP contribution in [0.1, 0.15) is 11.4 Å². The third kappa shape index (κ3) is 2.79. The summed E-state index contributed by atoms with van der Waals surface area (Å²) in [6.45, 7) is 1.87. The highest BCUT2D eigenvalue weighted by Gasteiger charge is 2.21. The average molecular weight is 283 g/mol. The van der Waals surface area contributed by atoms with E-state index in [1.807, 2.05) is 0 Å². The monoisotopic (exact) mass is 282 g/mol. The number of nitrogens with one attached hydrogen (secondary N) is 1. The normalized spacial score (nSPS) is 10.5. The first-order valence-electron chi connectivity index (χ1n) is 5.38. The second-order valence-corrected chi connectivity index (χ2v) is 4.17. The standard InChI is InChI=1S/C10H11ClN6O2/c1-6-8(17(18)19)9(15-10(11)14-6)12-5-7-3-4-13-16(7)2/h3-4H,5H2,1-2H3,(H,12,14,15). The van der Waals surface area contributed by atoms with Crippen LogP contribution in [0.3, 0.4) is 0 Å². The molecule has 0 spiro atoms. The number of aryl methyl sites for hydroxylation is 2. The summed E-state index contributed by atoms with van der Waals surface area (Å²) >= 11 is 5.72. The minimum absolute atomic E-state index is 0.0318. The smallest absolute Gasteiger partial charge is 0.332 e. The molecule has 9 heteroatoms. The maximum absolute atomic E-state index is 11.0. The van der Waals surface area contributed by atoms with Crippen LogP contribution in [0.25, 0.3) is 0 Å². The Morgan fingerprint density at radius 2 is 2.26 bits per heavy atom. The van der Waals surface area contributed by atoms with Gasteiger partial charge in [0.25, 0.3) is 0 Å². The topological polar surface area (TPSA) is 98.8 Å². The van der Waals surface area contributed by atoms with Crippen LogP contribution in [0.5, 0.6) is 0 Å². The van der Waals surface area contributed by atoms with Crippen molar-refractivity contribution in [2.24, 2.45) is 7.05 Å². The predicted molar refractivity (Wildman–Crippen MR) is 69.0 cm³/mol. The highest BCUT2D eigenvalue weighted by molar-refractivity contribution is 6.28. The molecule has 2 aromatic rings. The molecule has 0 bridgehead atoms. The van der Waals surface area contributed by atoms with Gasteiger partial charge < -0.3 is 5.32 Å². The van der Waals surface area contributed by atoms with E-state index in [4.69, 9.17) is 11.6 Å². The first-order valence-corrected chi connectivity index (χ1v) is 5.76. The lowest BCUT2D eigenvalue weighted by Gasteiger charge is -2.07. The molecule has 0 aliphatic carbocycles. The number of rotatable bonds is 4. The Kier molecular flexibility index (Phi) is 3.61. The van der Waals surface area contributed by atoms with Crippen LogP contribution in [0, 0.1) is 17.0 Å². The third-order valence-corrected chi connectivity index (χ3v) is 2.74. The SMILES string of the molecule is Cc1nc(Cl)nc(NCc2ccnn2C)c1[N+](=O)[O-]. The zero-order chi connectivity index (χ0) is 14.0. The summed E-state index contributed by atoms with van der Waals surface area (Å²) in [6.07, 6.45) is 1.64. The fourth-order valence-electron chi connectivity index (χ4n) is 1.62. The number of nitrogens with zero attached hydrogens (tertiary/aromatic N) is 5. The van der Waals surface area contributed by atoms with Crippen LogP contribution in [0.2, 0.25) is 5.28 Å². The molecular formula is C10H11ClN6O2. The Balaban J connectivity index is 2.29. The lowest BCUT2D eigenvalue weighted by Crippen LogP contribution is -2.10. The summed E-state index contributed by atoms with van der Waals surface area (Å²) in [5.74, 6) is 0.101. The van der Waals surface area contributed by atoms with E-state index in [2.05, 4.69) is 20.4 Å². The molecule has 0 unspecified atom stereocenters. The van der Waals surface area contributed by atoms with Gasteiger partial charge in [-0.3, -0.25) is 14.8 Å². The van der Waals surface area contributed by atoms with Crippen molar-refractivity contribution in [2.45, 2.75) is 13.5 Å². The van der Waals surface area contributed by atoms with Gasteiger partial charge in [0.1, 0.15) is 5.69 Å². The van der Waals surface area contributed by atoms with Crippen molar-refractivity contribution < 1.29 is 4.92 Å². The van der Waals surface area contributed by atoms with Crippen molar-refractivity contribution in [3.05, 3.63) is 39.0 Å². The average Bonchev–Trinajstić information content (AvgIpc) is 2.70. The van der Waals surface area contributed by atoms with Crippen LogP contribution >= 0.6 is 11.6 Å². The van der Waals surface area contributed by atoms with E-state index in [0.29, 0.717) is 6.54 Å². The number of nitro groups is 1. The molecule has 1 N–H and O–H groups in total. The summed E-state index contributed by atoms with van der Waals surface area (Å²) in [5.41, 5.74) is 0.908. The molecule has 0 amide bonds. The molecule has 2 aromatic heterocycles. The van der Waals surface area contributed by atoms with Gasteiger partial charge in [-0.2, -0.15) is 10.1 Å². The molecule has 100 valence electrons. The van der Waals surface area contributed by atoms with Crippen molar-refractivity contribution in [1.82, 2.24) is 19.7 Å². The van der Waals surface area contributed by atoms with Crippen LogP contribution < -0.4 is 5.32 Å². The Hall–Kier alpha value is -2.22. The first kappa shape index (κ1) is 13.2. The molecular weight excluding hydrogens is 272 g/mol. The summed E-state index contributed by atoms with van der Waals surface area (Å²) in [6, 6.07) is 1.80. The lowest BCUT2D eigenvalue weighted by molar-refractivity contribution is -0.385. The van der Waals surface area contributed by atoms with E-state index in [0.717, 1.165) is 5.69 Å². The fraction of sp³-hybridized carbons (Fsp3) is 0.300. The van der Waals surface area contributed by atoms with Crippen molar-refractivity contribution in [3.63, 3.8) is 0 Å².